The van der Waals surface area contributed by atoms with Crippen molar-refractivity contribution in [3.05, 3.63) is 59.7 Å². The van der Waals surface area contributed by atoms with E-state index in [2.05, 4.69) is 0 Å². The zero-order valence-electron chi connectivity index (χ0n) is 36.8. The Morgan fingerprint density at radius 3 is 1.81 bits per heavy atom. The number of ether oxygens (including phenoxy) is 6. The van der Waals surface area contributed by atoms with Crippen molar-refractivity contribution in [3.63, 3.8) is 0 Å². The van der Waals surface area contributed by atoms with Crippen LogP contribution in [0.1, 0.15) is 88.9 Å². The van der Waals surface area contributed by atoms with Gasteiger partial charge in [-0.15, -0.1) is 0 Å². The number of alkyl halides is 1. The number of hydrogen-bond donors (Lipinski definition) is 3. The van der Waals surface area contributed by atoms with Gasteiger partial charge in [-0.05, 0) is 106 Å². The summed E-state index contributed by atoms with van der Waals surface area (Å²) in [5, 5.41) is 34.3. The Balaban J connectivity index is 1.87. The number of benzene rings is 2. The first-order valence-electron chi connectivity index (χ1n) is 20.4. The normalized spacial score (nSPS) is 27.8. The number of aliphatic hydroxyl groups excluding tert-OH is 1. The third kappa shape index (κ3) is 15.5. The SMILES string of the molecule is CC(=O)Oc1ccccc1C(=O)OCCN(CCOC(=O)c1ccccc1OC(C)=O)CC(=O)O[C@H]1[C@H](C)C[C@](C)(O)C[C@@H](C)CN(C)[C@H](C)[C@@H](O)[C@](C)(O)[C@@H](I)OC(=O)[C@@H]1C. The molecule has 1 heterocycles. The van der Waals surface area contributed by atoms with Crippen LogP contribution in [-0.2, 0) is 38.1 Å². The zero-order chi connectivity index (χ0) is 46.5. The van der Waals surface area contributed by atoms with Gasteiger partial charge < -0.3 is 48.6 Å². The maximum Gasteiger partial charge on any atom is 0.341 e. The molecule has 0 bridgehead atoms. The molecule has 0 aromatic heterocycles. The van der Waals surface area contributed by atoms with Crippen molar-refractivity contribution in [2.24, 2.45) is 17.8 Å². The van der Waals surface area contributed by atoms with Crippen molar-refractivity contribution in [2.75, 3.05) is 46.4 Å². The largest absolute Gasteiger partial charge is 0.461 e. The van der Waals surface area contributed by atoms with Crippen molar-refractivity contribution >= 4 is 58.4 Å². The van der Waals surface area contributed by atoms with Crippen LogP contribution >= 0.6 is 22.6 Å². The van der Waals surface area contributed by atoms with Crippen LogP contribution in [0, 0.1) is 17.8 Å². The lowest BCUT2D eigenvalue weighted by atomic mass is 9.80. The van der Waals surface area contributed by atoms with Crippen LogP contribution in [0.3, 0.4) is 0 Å². The van der Waals surface area contributed by atoms with Gasteiger partial charge in [0.05, 0.1) is 18.1 Å². The summed E-state index contributed by atoms with van der Waals surface area (Å²) < 4.78 is 31.8. The molecule has 1 fully saturated rings. The van der Waals surface area contributed by atoms with Gasteiger partial charge in [-0.2, -0.15) is 0 Å². The molecule has 0 saturated carbocycles. The van der Waals surface area contributed by atoms with Gasteiger partial charge in [-0.3, -0.25) is 24.1 Å². The van der Waals surface area contributed by atoms with E-state index in [1.807, 2.05) is 11.8 Å². The molecule has 62 heavy (non-hydrogen) atoms. The Labute approximate surface area is 376 Å². The molecule has 1 aliphatic rings. The van der Waals surface area contributed by atoms with Crippen molar-refractivity contribution < 1.29 is 72.5 Å². The van der Waals surface area contributed by atoms with Crippen LogP contribution < -0.4 is 9.47 Å². The van der Waals surface area contributed by atoms with E-state index in [9.17, 15) is 44.1 Å². The van der Waals surface area contributed by atoms with Crippen LogP contribution in [0.5, 0.6) is 11.5 Å². The van der Waals surface area contributed by atoms with E-state index in [1.54, 1.807) is 74.7 Å². The summed E-state index contributed by atoms with van der Waals surface area (Å²) in [6, 6.07) is 11.5. The number of likely N-dealkylation sites (N-methyl/N-ethyl adjacent to an activating group) is 1. The first-order chi connectivity index (χ1) is 28.9. The molecular weight excluding hydrogens is 923 g/mol. The Morgan fingerprint density at radius 2 is 1.32 bits per heavy atom. The molecule has 2 aromatic rings. The fourth-order valence-electron chi connectivity index (χ4n) is 7.49. The van der Waals surface area contributed by atoms with E-state index in [0.29, 0.717) is 13.0 Å². The average molecular weight is 985 g/mol. The van der Waals surface area contributed by atoms with Gasteiger partial charge in [0.2, 0.25) is 0 Å². The van der Waals surface area contributed by atoms with E-state index < -0.39 is 87.8 Å². The molecular formula is C44H61IN2O15. The standard InChI is InChI=1S/C44H61IN2O15/c1-26-22-43(7,55)23-27(2)37(28(3)39(52)62-42(45)44(8,56)38(51)29(4)46(9)24-26)61-36(50)25-47(18-20-57-40(53)32-14-10-12-16-34(32)59-30(5)48)19-21-58-41(54)33-15-11-13-17-35(33)60-31(6)49/h10-17,26-29,37-38,42,51,55-56H,18-25H2,1-9H3/t26-,27-,28-,29-,37+,38-,42+,43-,44+/m1/s1. The third-order valence-corrected chi connectivity index (χ3v) is 12.1. The molecule has 0 spiro atoms. The van der Waals surface area contributed by atoms with Gasteiger partial charge in [0.25, 0.3) is 0 Å². The van der Waals surface area contributed by atoms with Crippen molar-refractivity contribution in [1.29, 1.82) is 0 Å². The van der Waals surface area contributed by atoms with E-state index in [4.69, 9.17) is 28.4 Å². The summed E-state index contributed by atoms with van der Waals surface area (Å²) in [4.78, 5) is 80.4. The Hall–Kier alpha value is -4.21. The molecule has 1 saturated heterocycles. The van der Waals surface area contributed by atoms with Gasteiger partial charge >= 0.3 is 35.8 Å². The van der Waals surface area contributed by atoms with Crippen LogP contribution in [0.25, 0.3) is 0 Å². The van der Waals surface area contributed by atoms with Gasteiger partial charge in [0, 0.05) is 39.5 Å². The van der Waals surface area contributed by atoms with Crippen LogP contribution in [0.15, 0.2) is 48.5 Å². The summed E-state index contributed by atoms with van der Waals surface area (Å²) in [5.74, 6) is -6.31. The molecule has 18 heteroatoms. The predicted octanol–water partition coefficient (Wildman–Crippen LogP) is 3.95. The Bertz CT molecular complexity index is 1790. The number of para-hydroxylation sites is 2. The van der Waals surface area contributed by atoms with E-state index in [0.717, 1.165) is 0 Å². The lowest BCUT2D eigenvalue weighted by Gasteiger charge is -2.40. The monoisotopic (exact) mass is 984 g/mol. The topological polar surface area (TPSA) is 225 Å². The quantitative estimate of drug-likeness (QED) is 0.0849. The minimum Gasteiger partial charge on any atom is -0.461 e. The maximum atomic E-state index is 13.9. The number of rotatable bonds is 13. The number of nitrogens with zero attached hydrogens (tertiary/aromatic N) is 2. The van der Waals surface area contributed by atoms with E-state index >= 15 is 0 Å². The lowest BCUT2D eigenvalue weighted by molar-refractivity contribution is -0.178. The highest BCUT2D eigenvalue weighted by Gasteiger charge is 2.46. The molecule has 3 N–H and O–H groups in total. The first-order valence-corrected chi connectivity index (χ1v) is 21.7. The molecule has 2 aromatic carbocycles. The zero-order valence-corrected chi connectivity index (χ0v) is 39.0. The number of aliphatic hydroxyl groups is 3. The third-order valence-electron chi connectivity index (χ3n) is 10.6. The summed E-state index contributed by atoms with van der Waals surface area (Å²) in [5.41, 5.74) is -3.17. The smallest absolute Gasteiger partial charge is 0.341 e. The summed E-state index contributed by atoms with van der Waals surface area (Å²) >= 11 is 1.75. The minimum absolute atomic E-state index is 0.00378. The highest BCUT2D eigenvalue weighted by molar-refractivity contribution is 14.1. The molecule has 0 aliphatic carbocycles. The van der Waals surface area contributed by atoms with Crippen molar-refractivity contribution in [2.45, 2.75) is 102 Å². The number of carbonyl (C=O) groups excluding carboxylic acids is 6. The van der Waals surface area contributed by atoms with Gasteiger partial charge in [0.15, 0.2) is 4.11 Å². The molecule has 0 unspecified atom stereocenters. The molecule has 0 amide bonds. The molecule has 1 aliphatic heterocycles. The summed E-state index contributed by atoms with van der Waals surface area (Å²) in [6.07, 6.45) is -2.02. The van der Waals surface area contributed by atoms with Crippen molar-refractivity contribution in [3.8, 4) is 11.5 Å². The summed E-state index contributed by atoms with van der Waals surface area (Å²) in [7, 11) is 1.80. The maximum absolute atomic E-state index is 13.9. The van der Waals surface area contributed by atoms with Crippen LogP contribution in [0.4, 0.5) is 0 Å². The second kappa shape index (κ2) is 23.5. The fourth-order valence-corrected chi connectivity index (χ4v) is 8.11. The number of cyclic esters (lactones) is 1. The second-order valence-corrected chi connectivity index (χ2v) is 17.7. The highest BCUT2D eigenvalue weighted by Crippen LogP contribution is 2.34. The minimum atomic E-state index is -1.88. The number of carbonyl (C=O) groups is 6. The number of halogens is 1. The fraction of sp³-hybridized carbons (Fsp3) is 0.591. The van der Waals surface area contributed by atoms with E-state index in [1.165, 1.54) is 56.9 Å². The van der Waals surface area contributed by atoms with Crippen LogP contribution in [0.2, 0.25) is 0 Å². The highest BCUT2D eigenvalue weighted by atomic mass is 127. The van der Waals surface area contributed by atoms with Crippen molar-refractivity contribution in [1.82, 2.24) is 9.80 Å². The van der Waals surface area contributed by atoms with Crippen LogP contribution in [-0.4, -0.2) is 141 Å². The van der Waals surface area contributed by atoms with Gasteiger partial charge in [0.1, 0.15) is 53.6 Å². The number of hydrogen-bond acceptors (Lipinski definition) is 17. The van der Waals surface area contributed by atoms with E-state index in [-0.39, 0.29) is 61.3 Å². The second-order valence-electron chi connectivity index (χ2n) is 16.6. The Kier molecular flexibility index (Phi) is 19.7. The average Bonchev–Trinajstić information content (AvgIpc) is 3.17. The van der Waals surface area contributed by atoms with Gasteiger partial charge in [-0.1, -0.05) is 38.1 Å². The first kappa shape index (κ1) is 52.1. The predicted molar refractivity (Wildman–Crippen MR) is 232 cm³/mol. The lowest BCUT2D eigenvalue weighted by Crippen LogP contribution is -2.57. The molecule has 0 radical (unpaired) electrons. The summed E-state index contributed by atoms with van der Waals surface area (Å²) in [6.45, 7) is 11.7. The molecule has 344 valence electrons. The van der Waals surface area contributed by atoms with Gasteiger partial charge in [-0.25, -0.2) is 9.59 Å². The molecule has 3 rings (SSSR count). The Morgan fingerprint density at radius 1 is 0.839 bits per heavy atom. The number of esters is 6. The molecule has 17 nitrogen and oxygen atoms in total. The molecule has 9 atom stereocenters.